The second-order valence-electron chi connectivity index (χ2n) is 8.53. The number of rotatable bonds is 3. The molecule has 2 atom stereocenters. The van der Waals surface area contributed by atoms with Gasteiger partial charge in [-0.05, 0) is 37.4 Å². The van der Waals surface area contributed by atoms with Crippen molar-refractivity contribution < 1.29 is 4.79 Å². The van der Waals surface area contributed by atoms with E-state index in [1.54, 1.807) is 6.20 Å². The molecule has 2 aliphatic heterocycles. The Morgan fingerprint density at radius 1 is 1.10 bits per heavy atom. The quantitative estimate of drug-likeness (QED) is 0.691. The Labute approximate surface area is 171 Å². The van der Waals surface area contributed by atoms with Crippen LogP contribution in [0.4, 0.5) is 0 Å². The Kier molecular flexibility index (Phi) is 4.79. The number of carbonyl (C=O) groups excluding carboxylic acids is 1. The van der Waals surface area contributed by atoms with Crippen LogP contribution in [0, 0.1) is 5.92 Å². The highest BCUT2D eigenvalue weighted by atomic mass is 16.2. The van der Waals surface area contributed by atoms with Gasteiger partial charge in [-0.2, -0.15) is 0 Å². The summed E-state index contributed by atoms with van der Waals surface area (Å²) in [5.41, 5.74) is 3.44. The van der Waals surface area contributed by atoms with E-state index >= 15 is 0 Å². The van der Waals surface area contributed by atoms with Gasteiger partial charge in [-0.25, -0.2) is 9.97 Å². The van der Waals surface area contributed by atoms with Crippen molar-refractivity contribution in [1.82, 2.24) is 24.3 Å². The molecule has 0 unspecified atom stereocenters. The highest BCUT2D eigenvalue weighted by molar-refractivity contribution is 5.96. The normalized spacial score (nSPS) is 22.6. The van der Waals surface area contributed by atoms with Gasteiger partial charge in [-0.3, -0.25) is 4.79 Å². The van der Waals surface area contributed by atoms with Gasteiger partial charge in [0.1, 0.15) is 5.52 Å². The summed E-state index contributed by atoms with van der Waals surface area (Å²) >= 11 is 0. The standard InChI is InChI=1S/C23H27N5O/c1-26-12-18-8-5-9-20(26)15-27(14-18)23(29)19-10-21-22(24-11-19)28(16-25-21)13-17-6-3-2-4-7-17/h2-4,6-7,10-11,16,18,20H,5,8-9,12-15H2,1H3/t18-,20-/m0/s1. The zero-order valence-corrected chi connectivity index (χ0v) is 16.9. The Morgan fingerprint density at radius 3 is 2.83 bits per heavy atom. The molecule has 4 heterocycles. The number of imidazole rings is 1. The fourth-order valence-electron chi connectivity index (χ4n) is 4.84. The first-order valence-corrected chi connectivity index (χ1v) is 10.5. The molecule has 6 nitrogen and oxygen atoms in total. The molecule has 2 bridgehead atoms. The average molecular weight is 390 g/mol. The zero-order chi connectivity index (χ0) is 19.8. The molecule has 2 fully saturated rings. The summed E-state index contributed by atoms with van der Waals surface area (Å²) in [7, 11) is 2.20. The van der Waals surface area contributed by atoms with Crippen LogP contribution in [0.3, 0.4) is 0 Å². The van der Waals surface area contributed by atoms with Crippen molar-refractivity contribution in [3.63, 3.8) is 0 Å². The lowest BCUT2D eigenvalue weighted by Crippen LogP contribution is -2.42. The van der Waals surface area contributed by atoms with E-state index in [1.165, 1.54) is 24.8 Å². The van der Waals surface area contributed by atoms with Gasteiger partial charge in [0.25, 0.3) is 5.91 Å². The summed E-state index contributed by atoms with van der Waals surface area (Å²) in [4.78, 5) is 26.9. The molecule has 0 saturated carbocycles. The van der Waals surface area contributed by atoms with Crippen molar-refractivity contribution in [2.45, 2.75) is 31.8 Å². The minimum Gasteiger partial charge on any atom is -0.337 e. The van der Waals surface area contributed by atoms with Crippen molar-refractivity contribution in [3.8, 4) is 0 Å². The van der Waals surface area contributed by atoms with Crippen molar-refractivity contribution >= 4 is 17.1 Å². The minimum atomic E-state index is 0.0872. The molecule has 0 radical (unpaired) electrons. The van der Waals surface area contributed by atoms with Gasteiger partial charge in [-0.1, -0.05) is 36.8 Å². The minimum absolute atomic E-state index is 0.0872. The van der Waals surface area contributed by atoms with E-state index in [2.05, 4.69) is 34.0 Å². The SMILES string of the molecule is CN1C[C@@H]2CCC[C@H]1CN(C(=O)c1cnc3c(c1)ncn3Cc1ccccc1)C2. The lowest BCUT2D eigenvalue weighted by atomic mass is 9.99. The van der Waals surface area contributed by atoms with E-state index in [9.17, 15) is 4.79 Å². The second-order valence-corrected chi connectivity index (χ2v) is 8.53. The molecule has 1 amide bonds. The lowest BCUT2D eigenvalue weighted by molar-refractivity contribution is 0.0710. The van der Waals surface area contributed by atoms with Crippen molar-refractivity contribution in [2.24, 2.45) is 5.92 Å². The summed E-state index contributed by atoms with van der Waals surface area (Å²) in [6.07, 6.45) is 7.19. The summed E-state index contributed by atoms with van der Waals surface area (Å²) < 4.78 is 2.03. The van der Waals surface area contributed by atoms with Crippen LogP contribution < -0.4 is 0 Å². The predicted molar refractivity (Wildman–Crippen MR) is 113 cm³/mol. The number of fused-ring (bicyclic) bond motifs is 4. The molecule has 2 aliphatic rings. The fourth-order valence-corrected chi connectivity index (χ4v) is 4.84. The Bertz CT molecular complexity index is 1010. The average Bonchev–Trinajstić information content (AvgIpc) is 2.93. The van der Waals surface area contributed by atoms with Crippen LogP contribution >= 0.6 is 0 Å². The van der Waals surface area contributed by atoms with Crippen LogP contribution in [0.1, 0.15) is 35.2 Å². The van der Waals surface area contributed by atoms with Crippen molar-refractivity contribution in [1.29, 1.82) is 0 Å². The number of likely N-dealkylation sites (tertiary alicyclic amines) is 1. The molecule has 0 spiro atoms. The van der Waals surface area contributed by atoms with Gasteiger partial charge in [0.2, 0.25) is 0 Å². The number of likely N-dealkylation sites (N-methyl/N-ethyl adjacent to an activating group) is 1. The van der Waals surface area contributed by atoms with E-state index in [1.807, 2.05) is 40.1 Å². The summed E-state index contributed by atoms with van der Waals surface area (Å²) in [6.45, 7) is 3.47. The maximum atomic E-state index is 13.3. The number of hydrogen-bond donors (Lipinski definition) is 0. The second kappa shape index (κ2) is 7.59. The van der Waals surface area contributed by atoms with Crippen LogP contribution in [0.2, 0.25) is 0 Å². The number of nitrogens with zero attached hydrogens (tertiary/aromatic N) is 5. The first-order valence-electron chi connectivity index (χ1n) is 10.5. The van der Waals surface area contributed by atoms with E-state index in [0.717, 1.165) is 37.3 Å². The Balaban J connectivity index is 1.38. The van der Waals surface area contributed by atoms with E-state index in [0.29, 0.717) is 17.5 Å². The van der Waals surface area contributed by atoms with E-state index < -0.39 is 0 Å². The summed E-state index contributed by atoms with van der Waals surface area (Å²) in [6, 6.07) is 12.6. The van der Waals surface area contributed by atoms with Crippen molar-refractivity contribution in [3.05, 3.63) is 60.0 Å². The third-order valence-electron chi connectivity index (χ3n) is 6.41. The van der Waals surface area contributed by atoms with Crippen molar-refractivity contribution in [2.75, 3.05) is 26.7 Å². The highest BCUT2D eigenvalue weighted by Gasteiger charge is 2.33. The van der Waals surface area contributed by atoms with Crippen LogP contribution in [0.5, 0.6) is 0 Å². The number of amides is 1. The molecule has 2 saturated heterocycles. The van der Waals surface area contributed by atoms with E-state index in [4.69, 9.17) is 0 Å². The molecule has 29 heavy (non-hydrogen) atoms. The zero-order valence-electron chi connectivity index (χ0n) is 16.9. The fraction of sp³-hybridized carbons (Fsp3) is 0.435. The van der Waals surface area contributed by atoms with Gasteiger partial charge < -0.3 is 14.4 Å². The van der Waals surface area contributed by atoms with Crippen LogP contribution in [-0.2, 0) is 6.54 Å². The number of aromatic nitrogens is 3. The first kappa shape index (κ1) is 18.3. The third-order valence-corrected chi connectivity index (χ3v) is 6.41. The number of benzene rings is 1. The topological polar surface area (TPSA) is 54.3 Å². The maximum Gasteiger partial charge on any atom is 0.255 e. The molecular formula is C23H27N5O. The maximum absolute atomic E-state index is 13.3. The first-order chi connectivity index (χ1) is 14.2. The Hall–Kier alpha value is -2.73. The summed E-state index contributed by atoms with van der Waals surface area (Å²) in [5.74, 6) is 0.655. The van der Waals surface area contributed by atoms with Gasteiger partial charge in [0, 0.05) is 31.9 Å². The van der Waals surface area contributed by atoms with Gasteiger partial charge >= 0.3 is 0 Å². The largest absolute Gasteiger partial charge is 0.337 e. The molecule has 3 aromatic rings. The Morgan fingerprint density at radius 2 is 1.97 bits per heavy atom. The van der Waals surface area contributed by atoms with Gasteiger partial charge in [0.15, 0.2) is 5.65 Å². The van der Waals surface area contributed by atoms with Crippen LogP contribution in [0.25, 0.3) is 11.2 Å². The number of hydrogen-bond acceptors (Lipinski definition) is 4. The van der Waals surface area contributed by atoms with Gasteiger partial charge in [0.05, 0.1) is 18.4 Å². The highest BCUT2D eigenvalue weighted by Crippen LogP contribution is 2.27. The van der Waals surface area contributed by atoms with Crippen LogP contribution in [0.15, 0.2) is 48.9 Å². The molecule has 5 rings (SSSR count). The van der Waals surface area contributed by atoms with E-state index in [-0.39, 0.29) is 5.91 Å². The van der Waals surface area contributed by atoms with Crippen LogP contribution in [-0.4, -0.2) is 63.0 Å². The molecule has 0 aliphatic carbocycles. The summed E-state index contributed by atoms with van der Waals surface area (Å²) in [5, 5.41) is 0. The predicted octanol–water partition coefficient (Wildman–Crippen LogP) is 3.04. The molecule has 2 aromatic heterocycles. The molecular weight excluding hydrogens is 362 g/mol. The molecule has 150 valence electrons. The molecule has 6 heteroatoms. The lowest BCUT2D eigenvalue weighted by Gasteiger charge is -2.29. The monoisotopic (exact) mass is 389 g/mol. The molecule has 1 aromatic carbocycles. The smallest absolute Gasteiger partial charge is 0.255 e. The molecule has 0 N–H and O–H groups in total. The third kappa shape index (κ3) is 3.65. The number of pyridine rings is 1. The van der Waals surface area contributed by atoms with Gasteiger partial charge in [-0.15, -0.1) is 0 Å². The number of carbonyl (C=O) groups is 1.